The molecule has 1 aliphatic rings. The molecule has 1 aromatic carbocycles. The van der Waals surface area contributed by atoms with Crippen molar-refractivity contribution in [2.45, 2.75) is 0 Å². The van der Waals surface area contributed by atoms with Crippen molar-refractivity contribution in [2.24, 2.45) is 0 Å². The molecule has 0 spiro atoms. The van der Waals surface area contributed by atoms with Crippen molar-refractivity contribution in [3.63, 3.8) is 0 Å². The van der Waals surface area contributed by atoms with Gasteiger partial charge in [0, 0.05) is 31.9 Å². The van der Waals surface area contributed by atoms with Gasteiger partial charge in [-0.1, -0.05) is 6.07 Å². The summed E-state index contributed by atoms with van der Waals surface area (Å²) in [6.45, 7) is 2.46. The molecular formula is C21H19FN4O3S. The van der Waals surface area contributed by atoms with Crippen LogP contribution in [0.3, 0.4) is 0 Å². The third kappa shape index (κ3) is 4.25. The number of pyridine rings is 1. The number of carbonyl (C=O) groups excluding carboxylic acids is 1. The number of halogens is 1. The lowest BCUT2D eigenvalue weighted by Crippen LogP contribution is -2.47. The van der Waals surface area contributed by atoms with E-state index in [1.807, 2.05) is 4.90 Å². The van der Waals surface area contributed by atoms with Crippen LogP contribution in [0, 0.1) is 5.82 Å². The number of piperazine rings is 1. The third-order valence-corrected chi connectivity index (χ3v) is 5.74. The van der Waals surface area contributed by atoms with Gasteiger partial charge in [0.05, 0.1) is 16.8 Å². The number of carboxylic acids is 1. The van der Waals surface area contributed by atoms with Gasteiger partial charge in [0.2, 0.25) is 0 Å². The summed E-state index contributed by atoms with van der Waals surface area (Å²) in [6.07, 6.45) is 1.47. The Morgan fingerprint density at radius 3 is 2.40 bits per heavy atom. The monoisotopic (exact) mass is 426 g/mol. The van der Waals surface area contributed by atoms with Gasteiger partial charge in [-0.05, 0) is 41.8 Å². The van der Waals surface area contributed by atoms with Crippen molar-refractivity contribution in [3.05, 3.63) is 70.3 Å². The highest BCUT2D eigenvalue weighted by Crippen LogP contribution is 2.25. The number of aromatic nitrogens is 1. The lowest BCUT2D eigenvalue weighted by Gasteiger charge is -2.37. The average molecular weight is 426 g/mol. The summed E-state index contributed by atoms with van der Waals surface area (Å²) in [7, 11) is 0. The van der Waals surface area contributed by atoms with Gasteiger partial charge in [0.1, 0.15) is 17.2 Å². The van der Waals surface area contributed by atoms with Crippen molar-refractivity contribution in [1.82, 2.24) is 4.98 Å². The Kier molecular flexibility index (Phi) is 5.62. The minimum Gasteiger partial charge on any atom is -0.478 e. The zero-order valence-electron chi connectivity index (χ0n) is 15.9. The summed E-state index contributed by atoms with van der Waals surface area (Å²) in [5, 5.41) is 14.2. The second-order valence-corrected chi connectivity index (χ2v) is 7.73. The molecular weight excluding hydrogens is 407 g/mol. The van der Waals surface area contributed by atoms with E-state index in [-0.39, 0.29) is 17.3 Å². The Morgan fingerprint density at radius 1 is 1.07 bits per heavy atom. The Labute approximate surface area is 176 Å². The summed E-state index contributed by atoms with van der Waals surface area (Å²) < 4.78 is 13.1. The van der Waals surface area contributed by atoms with Crippen molar-refractivity contribution < 1.29 is 19.1 Å². The number of benzene rings is 1. The molecule has 4 rings (SSSR count). The van der Waals surface area contributed by atoms with Crippen molar-refractivity contribution in [3.8, 4) is 0 Å². The number of nitrogens with zero attached hydrogens (tertiary/aromatic N) is 3. The lowest BCUT2D eigenvalue weighted by molar-refractivity contribution is 0.0696. The van der Waals surface area contributed by atoms with Gasteiger partial charge in [0.15, 0.2) is 0 Å². The number of carboxylic acid groups (broad SMARTS) is 1. The average Bonchev–Trinajstić information content (AvgIpc) is 3.30. The van der Waals surface area contributed by atoms with E-state index in [1.165, 1.54) is 35.7 Å². The highest BCUT2D eigenvalue weighted by atomic mass is 32.1. The van der Waals surface area contributed by atoms with Gasteiger partial charge in [-0.3, -0.25) is 4.79 Å². The summed E-state index contributed by atoms with van der Waals surface area (Å²) in [5.41, 5.74) is 1.29. The molecule has 154 valence electrons. The van der Waals surface area contributed by atoms with Gasteiger partial charge in [-0.2, -0.15) is 0 Å². The van der Waals surface area contributed by atoms with Crippen LogP contribution < -0.4 is 15.1 Å². The van der Waals surface area contributed by atoms with E-state index in [2.05, 4.69) is 15.2 Å². The molecule has 1 saturated heterocycles. The molecule has 3 aromatic rings. The van der Waals surface area contributed by atoms with E-state index >= 15 is 0 Å². The van der Waals surface area contributed by atoms with Crippen molar-refractivity contribution in [1.29, 1.82) is 0 Å². The summed E-state index contributed by atoms with van der Waals surface area (Å²) in [4.78, 5) is 32.9. The first-order valence-electron chi connectivity index (χ1n) is 9.35. The number of anilines is 3. The SMILES string of the molecule is O=C(Nc1cnc(N2CCN(c3ccc(F)cc3)CC2)c(C(=O)O)c1)c1cccs1. The van der Waals surface area contributed by atoms with Crippen molar-refractivity contribution >= 4 is 40.4 Å². The van der Waals surface area contributed by atoms with E-state index < -0.39 is 5.97 Å². The normalized spacial score (nSPS) is 13.9. The maximum absolute atomic E-state index is 13.1. The zero-order chi connectivity index (χ0) is 21.1. The Bertz CT molecular complexity index is 1050. The Balaban J connectivity index is 1.48. The van der Waals surface area contributed by atoms with Crippen LogP contribution >= 0.6 is 11.3 Å². The number of hydrogen-bond acceptors (Lipinski definition) is 6. The molecule has 1 aliphatic heterocycles. The molecule has 3 heterocycles. The van der Waals surface area contributed by atoms with Gasteiger partial charge < -0.3 is 20.2 Å². The smallest absolute Gasteiger partial charge is 0.339 e. The number of thiophene rings is 1. The third-order valence-electron chi connectivity index (χ3n) is 4.87. The number of hydrogen-bond donors (Lipinski definition) is 2. The number of rotatable bonds is 5. The van der Waals surface area contributed by atoms with E-state index in [4.69, 9.17) is 0 Å². The van der Waals surface area contributed by atoms with E-state index in [9.17, 15) is 19.1 Å². The van der Waals surface area contributed by atoms with Gasteiger partial charge in [-0.15, -0.1) is 11.3 Å². The summed E-state index contributed by atoms with van der Waals surface area (Å²) >= 11 is 1.30. The first kappa shape index (κ1) is 19.8. The molecule has 1 amide bonds. The van der Waals surface area contributed by atoms with Crippen LogP contribution in [0.5, 0.6) is 0 Å². The van der Waals surface area contributed by atoms with Crippen molar-refractivity contribution in [2.75, 3.05) is 41.3 Å². The number of aromatic carboxylic acids is 1. The number of carbonyl (C=O) groups is 2. The molecule has 2 aromatic heterocycles. The largest absolute Gasteiger partial charge is 0.478 e. The van der Waals surface area contributed by atoms with E-state index in [1.54, 1.807) is 29.6 Å². The van der Waals surface area contributed by atoms with Crippen LogP contribution in [0.2, 0.25) is 0 Å². The van der Waals surface area contributed by atoms with Crippen LogP contribution in [0.25, 0.3) is 0 Å². The lowest BCUT2D eigenvalue weighted by atomic mass is 10.2. The summed E-state index contributed by atoms with van der Waals surface area (Å²) in [6, 6.07) is 11.2. The van der Waals surface area contributed by atoms with Crippen LogP contribution in [0.1, 0.15) is 20.0 Å². The first-order chi connectivity index (χ1) is 14.5. The Morgan fingerprint density at radius 2 is 1.77 bits per heavy atom. The molecule has 1 fully saturated rings. The standard InChI is InChI=1S/C21H19FN4O3S/c22-14-3-5-16(6-4-14)25-7-9-26(10-8-25)19-17(21(28)29)12-15(13-23-19)24-20(27)18-2-1-11-30-18/h1-6,11-13H,7-10H2,(H,24,27)(H,28,29). The second kappa shape index (κ2) is 8.50. The first-order valence-corrected chi connectivity index (χ1v) is 10.2. The molecule has 0 aliphatic carbocycles. The minimum atomic E-state index is -1.11. The predicted molar refractivity (Wildman–Crippen MR) is 114 cm³/mol. The molecule has 0 radical (unpaired) electrons. The number of amides is 1. The highest BCUT2D eigenvalue weighted by Gasteiger charge is 2.23. The van der Waals surface area contributed by atoms with Gasteiger partial charge in [-0.25, -0.2) is 14.2 Å². The number of nitrogens with one attached hydrogen (secondary N) is 1. The van der Waals surface area contributed by atoms with Gasteiger partial charge in [0.25, 0.3) is 5.91 Å². The maximum Gasteiger partial charge on any atom is 0.339 e. The van der Waals surface area contributed by atoms with Crippen LogP contribution in [-0.4, -0.2) is 48.1 Å². The highest BCUT2D eigenvalue weighted by molar-refractivity contribution is 7.12. The van der Waals surface area contributed by atoms with Crippen LogP contribution in [0.4, 0.5) is 21.6 Å². The summed E-state index contributed by atoms with van der Waals surface area (Å²) in [5.74, 6) is -1.32. The topological polar surface area (TPSA) is 85.8 Å². The fourth-order valence-corrected chi connectivity index (χ4v) is 3.98. The second-order valence-electron chi connectivity index (χ2n) is 6.78. The fraction of sp³-hybridized carbons (Fsp3) is 0.190. The van der Waals surface area contributed by atoms with E-state index in [0.717, 1.165) is 5.69 Å². The fourth-order valence-electron chi connectivity index (χ4n) is 3.36. The molecule has 0 bridgehead atoms. The zero-order valence-corrected chi connectivity index (χ0v) is 16.7. The molecule has 30 heavy (non-hydrogen) atoms. The maximum atomic E-state index is 13.1. The molecule has 7 nitrogen and oxygen atoms in total. The van der Waals surface area contributed by atoms with Gasteiger partial charge >= 0.3 is 5.97 Å². The molecule has 0 atom stereocenters. The Hall–Kier alpha value is -3.46. The van der Waals surface area contributed by atoms with E-state index in [0.29, 0.717) is 42.6 Å². The quantitative estimate of drug-likeness (QED) is 0.649. The van der Waals surface area contributed by atoms with Crippen LogP contribution in [0.15, 0.2) is 54.0 Å². The molecule has 0 unspecified atom stereocenters. The van der Waals surface area contributed by atoms with Crippen LogP contribution in [-0.2, 0) is 0 Å². The predicted octanol–water partition coefficient (Wildman–Crippen LogP) is 3.56. The minimum absolute atomic E-state index is 0.0363. The molecule has 0 saturated carbocycles. The molecule has 9 heteroatoms. The molecule has 2 N–H and O–H groups in total.